The molecule has 1 rings (SSSR count). The molecule has 0 bridgehead atoms. The SMILES string of the molecule is CNCCCN(C)Cc1ncc(C(C)(C)C)o1. The molecule has 0 aliphatic carbocycles. The maximum Gasteiger partial charge on any atom is 0.208 e. The van der Waals surface area contributed by atoms with Gasteiger partial charge in [-0.05, 0) is 33.6 Å². The van der Waals surface area contributed by atoms with E-state index in [4.69, 9.17) is 4.42 Å². The van der Waals surface area contributed by atoms with Gasteiger partial charge in [0.1, 0.15) is 5.76 Å². The minimum atomic E-state index is 0.0377. The molecule has 0 aliphatic heterocycles. The Morgan fingerprint density at radius 3 is 2.65 bits per heavy atom. The molecule has 1 N–H and O–H groups in total. The van der Waals surface area contributed by atoms with Crippen LogP contribution >= 0.6 is 0 Å². The van der Waals surface area contributed by atoms with Gasteiger partial charge >= 0.3 is 0 Å². The molecular formula is C13H25N3O. The summed E-state index contributed by atoms with van der Waals surface area (Å²) in [5, 5.41) is 3.15. The first kappa shape index (κ1) is 14.2. The van der Waals surface area contributed by atoms with E-state index in [0.29, 0.717) is 0 Å². The highest BCUT2D eigenvalue weighted by molar-refractivity contribution is 5.05. The van der Waals surface area contributed by atoms with Crippen LogP contribution in [-0.2, 0) is 12.0 Å². The van der Waals surface area contributed by atoms with Crippen molar-refractivity contribution in [2.45, 2.75) is 39.2 Å². The number of nitrogens with one attached hydrogen (secondary N) is 1. The Balaban J connectivity index is 2.43. The van der Waals surface area contributed by atoms with Crippen molar-refractivity contribution in [1.29, 1.82) is 0 Å². The number of hydrogen-bond donors (Lipinski definition) is 1. The van der Waals surface area contributed by atoms with Gasteiger partial charge in [-0.1, -0.05) is 20.8 Å². The molecule has 17 heavy (non-hydrogen) atoms. The average Bonchev–Trinajstić information content (AvgIpc) is 2.66. The van der Waals surface area contributed by atoms with Crippen molar-refractivity contribution in [2.75, 3.05) is 27.2 Å². The summed E-state index contributed by atoms with van der Waals surface area (Å²) < 4.78 is 5.76. The number of hydrogen-bond acceptors (Lipinski definition) is 4. The molecule has 4 heteroatoms. The van der Waals surface area contributed by atoms with Crippen LogP contribution in [0.3, 0.4) is 0 Å². The summed E-state index contributed by atoms with van der Waals surface area (Å²) in [5.41, 5.74) is 0.0377. The third kappa shape index (κ3) is 4.88. The number of nitrogens with zero attached hydrogens (tertiary/aromatic N) is 2. The van der Waals surface area contributed by atoms with Crippen molar-refractivity contribution in [1.82, 2.24) is 15.2 Å². The fraction of sp³-hybridized carbons (Fsp3) is 0.769. The third-order valence-electron chi connectivity index (χ3n) is 2.66. The van der Waals surface area contributed by atoms with E-state index in [0.717, 1.165) is 37.7 Å². The zero-order valence-electron chi connectivity index (χ0n) is 11.7. The van der Waals surface area contributed by atoms with Crippen molar-refractivity contribution in [3.05, 3.63) is 17.8 Å². The lowest BCUT2D eigenvalue weighted by Gasteiger charge is -2.15. The Hall–Kier alpha value is -0.870. The van der Waals surface area contributed by atoms with Crippen LogP contribution < -0.4 is 5.32 Å². The summed E-state index contributed by atoms with van der Waals surface area (Å²) in [5.74, 6) is 1.76. The van der Waals surface area contributed by atoms with E-state index in [1.807, 2.05) is 13.2 Å². The van der Waals surface area contributed by atoms with E-state index < -0.39 is 0 Å². The van der Waals surface area contributed by atoms with Gasteiger partial charge < -0.3 is 9.73 Å². The Morgan fingerprint density at radius 1 is 1.41 bits per heavy atom. The molecule has 0 amide bonds. The van der Waals surface area contributed by atoms with E-state index in [9.17, 15) is 0 Å². The molecule has 0 spiro atoms. The first-order valence-corrected chi connectivity index (χ1v) is 6.22. The summed E-state index contributed by atoms with van der Waals surface area (Å²) in [7, 11) is 4.07. The van der Waals surface area contributed by atoms with Crippen LogP contribution in [0.2, 0.25) is 0 Å². The maximum atomic E-state index is 5.76. The first-order chi connectivity index (χ1) is 7.93. The lowest BCUT2D eigenvalue weighted by Crippen LogP contribution is -2.22. The van der Waals surface area contributed by atoms with E-state index >= 15 is 0 Å². The van der Waals surface area contributed by atoms with Gasteiger partial charge in [0.2, 0.25) is 5.89 Å². The lowest BCUT2D eigenvalue weighted by atomic mass is 9.94. The standard InChI is InChI=1S/C13H25N3O/c1-13(2,3)11-9-15-12(17-11)10-16(5)8-6-7-14-4/h9,14H,6-8,10H2,1-5H3. The molecule has 0 unspecified atom stereocenters. The molecule has 0 saturated heterocycles. The molecule has 0 fully saturated rings. The van der Waals surface area contributed by atoms with E-state index in [-0.39, 0.29) is 5.41 Å². The van der Waals surface area contributed by atoms with Gasteiger partial charge in [-0.2, -0.15) is 0 Å². The molecule has 1 aromatic rings. The molecular weight excluding hydrogens is 214 g/mol. The van der Waals surface area contributed by atoms with Crippen LogP contribution in [0.15, 0.2) is 10.6 Å². The van der Waals surface area contributed by atoms with Crippen LogP contribution in [0.25, 0.3) is 0 Å². The van der Waals surface area contributed by atoms with Gasteiger partial charge in [-0.3, -0.25) is 4.90 Å². The minimum absolute atomic E-state index is 0.0377. The second-order valence-corrected chi connectivity index (χ2v) is 5.56. The summed E-state index contributed by atoms with van der Waals surface area (Å²) in [6.07, 6.45) is 2.98. The van der Waals surface area contributed by atoms with Crippen LogP contribution in [-0.4, -0.2) is 37.1 Å². The van der Waals surface area contributed by atoms with Crippen molar-refractivity contribution in [2.24, 2.45) is 0 Å². The molecule has 0 aromatic carbocycles. The van der Waals surface area contributed by atoms with Gasteiger partial charge in [0.25, 0.3) is 0 Å². The second kappa shape index (κ2) is 6.17. The third-order valence-corrected chi connectivity index (χ3v) is 2.66. The fourth-order valence-electron chi connectivity index (χ4n) is 1.57. The Morgan fingerprint density at radius 2 is 2.12 bits per heavy atom. The number of rotatable bonds is 6. The van der Waals surface area contributed by atoms with Crippen molar-refractivity contribution < 1.29 is 4.42 Å². The minimum Gasteiger partial charge on any atom is -0.444 e. The Labute approximate surface area is 104 Å². The van der Waals surface area contributed by atoms with Crippen LogP contribution in [0.4, 0.5) is 0 Å². The fourth-order valence-corrected chi connectivity index (χ4v) is 1.57. The molecule has 1 heterocycles. The van der Waals surface area contributed by atoms with Gasteiger partial charge in [0.05, 0.1) is 12.7 Å². The van der Waals surface area contributed by atoms with Gasteiger partial charge in [-0.25, -0.2) is 4.98 Å². The first-order valence-electron chi connectivity index (χ1n) is 6.22. The highest BCUT2D eigenvalue weighted by Gasteiger charge is 2.19. The zero-order chi connectivity index (χ0) is 12.9. The molecule has 0 saturated carbocycles. The quantitative estimate of drug-likeness (QED) is 0.771. The maximum absolute atomic E-state index is 5.76. The van der Waals surface area contributed by atoms with Gasteiger partial charge in [0, 0.05) is 5.41 Å². The van der Waals surface area contributed by atoms with Crippen molar-refractivity contribution in [3.63, 3.8) is 0 Å². The van der Waals surface area contributed by atoms with Crippen LogP contribution in [0.1, 0.15) is 38.8 Å². The summed E-state index contributed by atoms with van der Waals surface area (Å²) in [6, 6.07) is 0. The average molecular weight is 239 g/mol. The van der Waals surface area contributed by atoms with E-state index in [1.165, 1.54) is 0 Å². The zero-order valence-corrected chi connectivity index (χ0v) is 11.7. The lowest BCUT2D eigenvalue weighted by molar-refractivity contribution is 0.273. The summed E-state index contributed by atoms with van der Waals surface area (Å²) in [6.45, 7) is 9.27. The summed E-state index contributed by atoms with van der Waals surface area (Å²) in [4.78, 5) is 6.56. The normalized spacial score (nSPS) is 12.4. The van der Waals surface area contributed by atoms with Crippen molar-refractivity contribution >= 4 is 0 Å². The molecule has 0 aliphatic rings. The van der Waals surface area contributed by atoms with Crippen LogP contribution in [0.5, 0.6) is 0 Å². The largest absolute Gasteiger partial charge is 0.444 e. The Bertz CT molecular complexity index is 328. The van der Waals surface area contributed by atoms with E-state index in [1.54, 1.807) is 0 Å². The predicted molar refractivity (Wildman–Crippen MR) is 70.1 cm³/mol. The topological polar surface area (TPSA) is 41.3 Å². The number of aromatic nitrogens is 1. The monoisotopic (exact) mass is 239 g/mol. The summed E-state index contributed by atoms with van der Waals surface area (Å²) >= 11 is 0. The van der Waals surface area contributed by atoms with E-state index in [2.05, 4.69) is 43.0 Å². The highest BCUT2D eigenvalue weighted by atomic mass is 16.4. The second-order valence-electron chi connectivity index (χ2n) is 5.56. The number of oxazole rings is 1. The smallest absolute Gasteiger partial charge is 0.208 e. The molecule has 4 nitrogen and oxygen atoms in total. The van der Waals surface area contributed by atoms with Gasteiger partial charge in [-0.15, -0.1) is 0 Å². The molecule has 0 atom stereocenters. The predicted octanol–water partition coefficient (Wildman–Crippen LogP) is 2.01. The Kier molecular flexibility index (Phi) is 5.15. The molecule has 98 valence electrons. The molecule has 0 radical (unpaired) electrons. The van der Waals surface area contributed by atoms with Gasteiger partial charge in [0.15, 0.2) is 0 Å². The molecule has 1 aromatic heterocycles. The van der Waals surface area contributed by atoms with Crippen LogP contribution in [0, 0.1) is 0 Å². The highest BCUT2D eigenvalue weighted by Crippen LogP contribution is 2.22. The van der Waals surface area contributed by atoms with Crippen molar-refractivity contribution in [3.8, 4) is 0 Å².